The van der Waals surface area contributed by atoms with Crippen LogP contribution in [-0.2, 0) is 21.3 Å². The largest absolute Gasteiger partial charge is 0.344 e. The molecule has 1 amide bonds. The number of nitrogens with zero attached hydrogens (tertiary/aromatic N) is 2. The number of Topliss-reactive ketones (excluding diaryl/α,β-unsaturated/α-hetero) is 1. The van der Waals surface area contributed by atoms with Crippen LogP contribution in [0.5, 0.6) is 0 Å². The molecule has 0 spiro atoms. The number of thiazole rings is 1. The molecule has 2 aromatic carbocycles. The average molecular weight is 472 g/mol. The Balaban J connectivity index is 1.70. The van der Waals surface area contributed by atoms with Gasteiger partial charge in [-0.3, -0.25) is 18.7 Å². The van der Waals surface area contributed by atoms with E-state index in [4.69, 9.17) is 0 Å². The lowest BCUT2D eigenvalue weighted by atomic mass is 10.1. The number of nitrogens with one attached hydrogen (secondary N) is 1. The molecule has 170 valence electrons. The number of fused-ring (bicyclic) bond motifs is 1. The van der Waals surface area contributed by atoms with E-state index in [0.29, 0.717) is 17.2 Å². The second-order valence-electron chi connectivity index (χ2n) is 7.92. The molecule has 3 rings (SSSR count). The van der Waals surface area contributed by atoms with Crippen LogP contribution in [0.2, 0.25) is 0 Å². The minimum Gasteiger partial charge on any atom is -0.344 e. The lowest BCUT2D eigenvalue weighted by molar-refractivity contribution is -0.125. The summed E-state index contributed by atoms with van der Waals surface area (Å²) in [6.45, 7) is 1.98. The molecule has 0 fully saturated rings. The fourth-order valence-electron chi connectivity index (χ4n) is 3.41. The summed E-state index contributed by atoms with van der Waals surface area (Å²) in [6, 6.07) is 15.9. The van der Waals surface area contributed by atoms with Crippen molar-refractivity contribution >= 4 is 44.0 Å². The number of hydrogen-bond acceptors (Lipinski definition) is 6. The molecule has 0 aliphatic rings. The quantitative estimate of drug-likeness (QED) is 0.432. The summed E-state index contributed by atoms with van der Waals surface area (Å²) < 4.78 is 13.7. The van der Waals surface area contributed by atoms with Gasteiger partial charge in [-0.05, 0) is 38.2 Å². The van der Waals surface area contributed by atoms with Crippen molar-refractivity contribution in [2.75, 3.05) is 19.8 Å². The number of aromatic nitrogens is 1. The van der Waals surface area contributed by atoms with Crippen LogP contribution in [0.3, 0.4) is 0 Å². The normalized spacial score (nSPS) is 14.2. The Morgan fingerprint density at radius 2 is 1.78 bits per heavy atom. The number of carbonyl (C=O) groups excluding carboxylic acids is 2. The molecule has 8 heteroatoms. The first-order valence-corrected chi connectivity index (χ1v) is 12.9. The molecule has 0 saturated heterocycles. The number of likely N-dealkylation sites (N-methyl/N-ethyl adjacent to an activating group) is 1. The van der Waals surface area contributed by atoms with Gasteiger partial charge < -0.3 is 5.32 Å². The minimum absolute atomic E-state index is 0.177. The van der Waals surface area contributed by atoms with Gasteiger partial charge in [0.1, 0.15) is 6.04 Å². The van der Waals surface area contributed by atoms with Crippen LogP contribution >= 0.6 is 11.3 Å². The summed E-state index contributed by atoms with van der Waals surface area (Å²) in [5.74, 6) is 0.122. The molecule has 1 heterocycles. The highest BCUT2D eigenvalue weighted by molar-refractivity contribution is 7.84. The maximum absolute atomic E-state index is 13.2. The fourth-order valence-corrected chi connectivity index (χ4v) is 5.85. The standard InChI is InChI=1S/C24H29N3O3S2/c1-4-10-19(22(28)24-26-18-13-8-9-14-21(18)31-24)25-23(29)20(27(2)3)16-32(30)15-17-11-6-5-7-12-17/h5-9,11-14,19-20H,4,10,15-16H2,1-3H3,(H,25,29). The number of amides is 1. The molecule has 0 aliphatic heterocycles. The van der Waals surface area contributed by atoms with E-state index in [9.17, 15) is 13.8 Å². The first-order valence-electron chi connectivity index (χ1n) is 10.6. The van der Waals surface area contributed by atoms with Gasteiger partial charge in [0, 0.05) is 22.3 Å². The van der Waals surface area contributed by atoms with E-state index in [1.807, 2.05) is 61.5 Å². The zero-order valence-corrected chi connectivity index (χ0v) is 20.2. The van der Waals surface area contributed by atoms with Gasteiger partial charge in [0.2, 0.25) is 11.7 Å². The molecule has 3 atom stereocenters. The number of hydrogen-bond donors (Lipinski definition) is 1. The summed E-state index contributed by atoms with van der Waals surface area (Å²) in [4.78, 5) is 32.5. The van der Waals surface area contributed by atoms with E-state index < -0.39 is 22.9 Å². The van der Waals surface area contributed by atoms with Crippen molar-refractivity contribution in [3.8, 4) is 0 Å². The number of rotatable bonds is 11. The second-order valence-corrected chi connectivity index (χ2v) is 10.4. The number of benzene rings is 2. The molecular formula is C24H29N3O3S2. The van der Waals surface area contributed by atoms with Crippen molar-refractivity contribution in [2.45, 2.75) is 37.6 Å². The van der Waals surface area contributed by atoms with Gasteiger partial charge in [0.05, 0.1) is 16.3 Å². The van der Waals surface area contributed by atoms with Crippen molar-refractivity contribution in [1.29, 1.82) is 0 Å². The van der Waals surface area contributed by atoms with Crippen LogP contribution in [0.25, 0.3) is 10.2 Å². The van der Waals surface area contributed by atoms with Gasteiger partial charge in [0.15, 0.2) is 5.01 Å². The number of ketones is 1. The van der Waals surface area contributed by atoms with E-state index in [0.717, 1.165) is 22.2 Å². The molecule has 0 aliphatic carbocycles. The van der Waals surface area contributed by atoms with E-state index in [1.54, 1.807) is 19.0 Å². The Morgan fingerprint density at radius 3 is 2.44 bits per heavy atom. The molecule has 0 radical (unpaired) electrons. The highest BCUT2D eigenvalue weighted by atomic mass is 32.2. The zero-order chi connectivity index (χ0) is 23.1. The molecule has 6 nitrogen and oxygen atoms in total. The summed E-state index contributed by atoms with van der Waals surface area (Å²) >= 11 is 1.34. The molecule has 1 aromatic heterocycles. The third kappa shape index (κ3) is 6.31. The third-order valence-corrected chi connectivity index (χ3v) is 7.55. The minimum atomic E-state index is -1.22. The summed E-state index contributed by atoms with van der Waals surface area (Å²) in [5, 5.41) is 3.32. The Kier molecular flexibility index (Phi) is 8.67. The maximum atomic E-state index is 13.2. The van der Waals surface area contributed by atoms with E-state index in [1.165, 1.54) is 11.3 Å². The van der Waals surface area contributed by atoms with Gasteiger partial charge in [-0.2, -0.15) is 0 Å². The Morgan fingerprint density at radius 1 is 1.09 bits per heavy atom. The highest BCUT2D eigenvalue weighted by Crippen LogP contribution is 2.23. The molecular weight excluding hydrogens is 442 g/mol. The average Bonchev–Trinajstić information content (AvgIpc) is 3.21. The van der Waals surface area contributed by atoms with Crippen LogP contribution < -0.4 is 5.32 Å². The first kappa shape index (κ1) is 24.2. The SMILES string of the molecule is CCCC(NC(=O)C(CS(=O)Cc1ccccc1)N(C)C)C(=O)c1nc2ccccc2s1. The predicted octanol–water partition coefficient (Wildman–Crippen LogP) is 3.64. The van der Waals surface area contributed by atoms with Gasteiger partial charge in [-0.25, -0.2) is 4.98 Å². The molecule has 3 aromatic rings. The van der Waals surface area contributed by atoms with Gasteiger partial charge in [0.25, 0.3) is 0 Å². The van der Waals surface area contributed by atoms with Crippen molar-refractivity contribution in [1.82, 2.24) is 15.2 Å². The lowest BCUT2D eigenvalue weighted by Gasteiger charge is -2.25. The van der Waals surface area contributed by atoms with Crippen LogP contribution in [-0.4, -0.2) is 57.7 Å². The zero-order valence-electron chi connectivity index (χ0n) is 18.6. The van der Waals surface area contributed by atoms with Gasteiger partial charge >= 0.3 is 0 Å². The Bertz CT molecular complexity index is 1050. The molecule has 1 N–H and O–H groups in total. The Labute approximate surface area is 195 Å². The van der Waals surface area contributed by atoms with Crippen LogP contribution in [0.1, 0.15) is 35.1 Å². The van der Waals surface area contributed by atoms with Crippen molar-refractivity contribution < 1.29 is 13.8 Å². The molecule has 0 saturated carbocycles. The maximum Gasteiger partial charge on any atom is 0.238 e. The highest BCUT2D eigenvalue weighted by Gasteiger charge is 2.29. The van der Waals surface area contributed by atoms with Crippen molar-refractivity contribution in [3.05, 3.63) is 65.2 Å². The number of carbonyl (C=O) groups is 2. The monoisotopic (exact) mass is 471 g/mol. The summed E-state index contributed by atoms with van der Waals surface area (Å²) in [7, 11) is 2.36. The van der Waals surface area contributed by atoms with E-state index in [-0.39, 0.29) is 17.4 Å². The second kappa shape index (κ2) is 11.4. The topological polar surface area (TPSA) is 79.4 Å². The summed E-state index contributed by atoms with van der Waals surface area (Å²) in [6.07, 6.45) is 1.27. The first-order chi connectivity index (χ1) is 15.4. The van der Waals surface area contributed by atoms with Gasteiger partial charge in [-0.1, -0.05) is 55.8 Å². The van der Waals surface area contributed by atoms with Crippen LogP contribution in [0.15, 0.2) is 54.6 Å². The molecule has 32 heavy (non-hydrogen) atoms. The lowest BCUT2D eigenvalue weighted by Crippen LogP contribution is -2.51. The molecule has 3 unspecified atom stereocenters. The molecule has 0 bridgehead atoms. The van der Waals surface area contributed by atoms with Gasteiger partial charge in [-0.15, -0.1) is 11.3 Å². The van der Waals surface area contributed by atoms with Crippen LogP contribution in [0.4, 0.5) is 0 Å². The van der Waals surface area contributed by atoms with Crippen molar-refractivity contribution in [3.63, 3.8) is 0 Å². The fraction of sp³-hybridized carbons (Fsp3) is 0.375. The summed E-state index contributed by atoms with van der Waals surface area (Å²) in [5.41, 5.74) is 1.75. The number of para-hydroxylation sites is 1. The Hall–Kier alpha value is -2.42. The van der Waals surface area contributed by atoms with E-state index in [2.05, 4.69) is 10.3 Å². The van der Waals surface area contributed by atoms with E-state index >= 15 is 0 Å². The van der Waals surface area contributed by atoms with Crippen molar-refractivity contribution in [2.24, 2.45) is 0 Å². The third-order valence-electron chi connectivity index (χ3n) is 5.16. The predicted molar refractivity (Wildman–Crippen MR) is 131 cm³/mol. The smallest absolute Gasteiger partial charge is 0.238 e. The van der Waals surface area contributed by atoms with Crippen LogP contribution in [0, 0.1) is 0 Å².